The second-order valence-electron chi connectivity index (χ2n) is 3.32. The number of halogens is 1. The smallest absolute Gasteiger partial charge is 0.231 e. The number of benzene rings is 1. The third-order valence-corrected chi connectivity index (χ3v) is 2.48. The summed E-state index contributed by atoms with van der Waals surface area (Å²) in [4.78, 5) is 0. The summed E-state index contributed by atoms with van der Waals surface area (Å²) in [6, 6.07) is 3.56. The normalized spacial score (nSPS) is 13.5. The molecule has 0 bridgehead atoms. The lowest BCUT2D eigenvalue weighted by Crippen LogP contribution is -1.93. The highest BCUT2D eigenvalue weighted by Crippen LogP contribution is 2.39. The van der Waals surface area contributed by atoms with Crippen molar-refractivity contribution in [3.63, 3.8) is 0 Å². The minimum atomic E-state index is 0.196. The van der Waals surface area contributed by atoms with E-state index in [2.05, 4.69) is 15.3 Å². The Morgan fingerprint density at radius 3 is 2.94 bits per heavy atom. The molecule has 3 rings (SSSR count). The topological polar surface area (TPSA) is 61.5 Å². The Kier molecular flexibility index (Phi) is 2.41. The van der Waals surface area contributed by atoms with Crippen molar-refractivity contribution in [3.05, 3.63) is 35.4 Å². The SMILES string of the molecule is Clc1cc(/C=N\n2cnnc2)cc2c1OCO2. The molecule has 2 heterocycles. The lowest BCUT2D eigenvalue weighted by molar-refractivity contribution is 0.174. The molecule has 1 aromatic heterocycles. The van der Waals surface area contributed by atoms with Crippen LogP contribution in [-0.2, 0) is 0 Å². The number of hydrogen-bond acceptors (Lipinski definition) is 5. The number of rotatable bonds is 2. The van der Waals surface area contributed by atoms with Crippen molar-refractivity contribution >= 4 is 17.8 Å². The van der Waals surface area contributed by atoms with E-state index in [1.54, 1.807) is 12.3 Å². The fourth-order valence-electron chi connectivity index (χ4n) is 1.45. The first kappa shape index (κ1) is 10.1. The summed E-state index contributed by atoms with van der Waals surface area (Å²) in [5, 5.41) is 11.9. The molecule has 2 aromatic rings. The van der Waals surface area contributed by atoms with Crippen molar-refractivity contribution in [1.29, 1.82) is 0 Å². The van der Waals surface area contributed by atoms with Gasteiger partial charge in [-0.25, -0.2) is 4.68 Å². The van der Waals surface area contributed by atoms with E-state index in [9.17, 15) is 0 Å². The molecule has 0 saturated heterocycles. The van der Waals surface area contributed by atoms with Crippen LogP contribution in [-0.4, -0.2) is 27.9 Å². The average molecular weight is 251 g/mol. The van der Waals surface area contributed by atoms with Gasteiger partial charge in [0.25, 0.3) is 0 Å². The third kappa shape index (κ3) is 1.94. The van der Waals surface area contributed by atoms with Gasteiger partial charge in [-0.1, -0.05) is 11.6 Å². The van der Waals surface area contributed by atoms with Crippen LogP contribution in [0.2, 0.25) is 5.02 Å². The first-order chi connectivity index (χ1) is 8.33. The van der Waals surface area contributed by atoms with E-state index in [-0.39, 0.29) is 6.79 Å². The zero-order chi connectivity index (χ0) is 11.7. The van der Waals surface area contributed by atoms with Crippen molar-refractivity contribution in [2.75, 3.05) is 6.79 Å². The molecule has 1 aliphatic rings. The van der Waals surface area contributed by atoms with Crippen LogP contribution in [0, 0.1) is 0 Å². The van der Waals surface area contributed by atoms with E-state index in [0.717, 1.165) is 5.56 Å². The largest absolute Gasteiger partial charge is 0.454 e. The Bertz CT molecular complexity index is 568. The van der Waals surface area contributed by atoms with Crippen LogP contribution in [0.1, 0.15) is 5.56 Å². The number of hydrogen-bond donors (Lipinski definition) is 0. The summed E-state index contributed by atoms with van der Waals surface area (Å²) < 4.78 is 12.0. The molecule has 6 nitrogen and oxygen atoms in total. The molecule has 0 aliphatic carbocycles. The van der Waals surface area contributed by atoms with Crippen LogP contribution in [0.3, 0.4) is 0 Å². The summed E-state index contributed by atoms with van der Waals surface area (Å²) in [7, 11) is 0. The first-order valence-corrected chi connectivity index (χ1v) is 5.19. The van der Waals surface area contributed by atoms with Crippen molar-refractivity contribution in [1.82, 2.24) is 14.9 Å². The molecule has 0 amide bonds. The van der Waals surface area contributed by atoms with Gasteiger partial charge >= 0.3 is 0 Å². The van der Waals surface area contributed by atoms with E-state index < -0.39 is 0 Å². The predicted octanol–water partition coefficient (Wildman–Crippen LogP) is 1.54. The maximum absolute atomic E-state index is 6.04. The predicted molar refractivity (Wildman–Crippen MR) is 60.6 cm³/mol. The molecular formula is C10H7ClN4O2. The Morgan fingerprint density at radius 2 is 2.12 bits per heavy atom. The maximum atomic E-state index is 6.04. The molecule has 86 valence electrons. The van der Waals surface area contributed by atoms with Gasteiger partial charge in [-0.15, -0.1) is 10.2 Å². The van der Waals surface area contributed by atoms with Crippen LogP contribution >= 0.6 is 11.6 Å². The molecule has 0 unspecified atom stereocenters. The molecular weight excluding hydrogens is 244 g/mol. The standard InChI is InChI=1S/C10H7ClN4O2/c11-8-1-7(2-9-10(8)17-6-16-9)3-14-15-4-12-13-5-15/h1-5H,6H2/b14-3-. The van der Waals surface area contributed by atoms with Gasteiger partial charge in [-0.3, -0.25) is 0 Å². The highest BCUT2D eigenvalue weighted by atomic mass is 35.5. The fraction of sp³-hybridized carbons (Fsp3) is 0.100. The Balaban J connectivity index is 1.92. The van der Waals surface area contributed by atoms with Crippen LogP contribution in [0.15, 0.2) is 29.9 Å². The van der Waals surface area contributed by atoms with Gasteiger partial charge in [0.1, 0.15) is 12.7 Å². The molecule has 1 aromatic carbocycles. The monoisotopic (exact) mass is 250 g/mol. The van der Waals surface area contributed by atoms with E-state index in [4.69, 9.17) is 21.1 Å². The van der Waals surface area contributed by atoms with E-state index in [1.807, 2.05) is 6.07 Å². The zero-order valence-corrected chi connectivity index (χ0v) is 9.33. The third-order valence-electron chi connectivity index (χ3n) is 2.20. The van der Waals surface area contributed by atoms with Gasteiger partial charge in [-0.05, 0) is 17.7 Å². The molecule has 0 N–H and O–H groups in total. The van der Waals surface area contributed by atoms with Crippen molar-refractivity contribution in [2.24, 2.45) is 5.10 Å². The van der Waals surface area contributed by atoms with Crippen LogP contribution < -0.4 is 9.47 Å². The van der Waals surface area contributed by atoms with E-state index in [0.29, 0.717) is 16.5 Å². The minimum absolute atomic E-state index is 0.196. The molecule has 7 heteroatoms. The van der Waals surface area contributed by atoms with Gasteiger partial charge in [0.15, 0.2) is 11.5 Å². The van der Waals surface area contributed by atoms with Gasteiger partial charge in [0.05, 0.1) is 11.2 Å². The molecule has 0 fully saturated rings. The quantitative estimate of drug-likeness (QED) is 0.759. The fourth-order valence-corrected chi connectivity index (χ4v) is 1.72. The second-order valence-corrected chi connectivity index (χ2v) is 3.73. The zero-order valence-electron chi connectivity index (χ0n) is 8.58. The molecule has 17 heavy (non-hydrogen) atoms. The highest BCUT2D eigenvalue weighted by molar-refractivity contribution is 6.32. The van der Waals surface area contributed by atoms with E-state index in [1.165, 1.54) is 17.3 Å². The molecule has 0 spiro atoms. The summed E-state index contributed by atoms with van der Waals surface area (Å²) in [5.74, 6) is 1.20. The first-order valence-electron chi connectivity index (χ1n) is 4.81. The second kappa shape index (κ2) is 4.06. The highest BCUT2D eigenvalue weighted by Gasteiger charge is 2.17. The van der Waals surface area contributed by atoms with Crippen LogP contribution in [0.5, 0.6) is 11.5 Å². The van der Waals surface area contributed by atoms with Crippen molar-refractivity contribution in [3.8, 4) is 11.5 Å². The molecule has 1 aliphatic heterocycles. The number of aromatic nitrogens is 3. The lowest BCUT2D eigenvalue weighted by Gasteiger charge is -2.00. The van der Waals surface area contributed by atoms with Crippen molar-refractivity contribution < 1.29 is 9.47 Å². The number of fused-ring (bicyclic) bond motifs is 1. The summed E-state index contributed by atoms with van der Waals surface area (Å²) in [5.41, 5.74) is 0.813. The Hall–Kier alpha value is -2.08. The van der Waals surface area contributed by atoms with Gasteiger partial charge in [-0.2, -0.15) is 5.10 Å². The van der Waals surface area contributed by atoms with E-state index >= 15 is 0 Å². The van der Waals surface area contributed by atoms with Crippen molar-refractivity contribution in [2.45, 2.75) is 0 Å². The number of nitrogens with zero attached hydrogens (tertiary/aromatic N) is 4. The summed E-state index contributed by atoms with van der Waals surface area (Å²) in [6.07, 6.45) is 4.62. The molecule has 0 atom stereocenters. The average Bonchev–Trinajstić information content (AvgIpc) is 2.97. The van der Waals surface area contributed by atoms with Crippen LogP contribution in [0.25, 0.3) is 0 Å². The Labute approximate surface area is 101 Å². The maximum Gasteiger partial charge on any atom is 0.231 e. The minimum Gasteiger partial charge on any atom is -0.454 e. The van der Waals surface area contributed by atoms with Gasteiger partial charge < -0.3 is 9.47 Å². The number of ether oxygens (including phenoxy) is 2. The van der Waals surface area contributed by atoms with Crippen LogP contribution in [0.4, 0.5) is 0 Å². The summed E-state index contributed by atoms with van der Waals surface area (Å²) in [6.45, 7) is 0.196. The molecule has 0 radical (unpaired) electrons. The Morgan fingerprint density at radius 1 is 1.29 bits per heavy atom. The summed E-state index contributed by atoms with van der Waals surface area (Å²) >= 11 is 6.04. The van der Waals surface area contributed by atoms with Gasteiger partial charge in [0, 0.05) is 0 Å². The lowest BCUT2D eigenvalue weighted by atomic mass is 10.2. The van der Waals surface area contributed by atoms with Gasteiger partial charge in [0.2, 0.25) is 6.79 Å². The molecule has 0 saturated carbocycles.